The summed E-state index contributed by atoms with van der Waals surface area (Å²) in [4.78, 5) is 4.18. The molecule has 80 valence electrons. The number of nitrogens with one attached hydrogen (secondary N) is 1. The fourth-order valence-electron chi connectivity index (χ4n) is 1.70. The van der Waals surface area contributed by atoms with Crippen LogP contribution in [0.4, 0.5) is 0 Å². The van der Waals surface area contributed by atoms with Crippen molar-refractivity contribution in [1.82, 2.24) is 14.9 Å². The van der Waals surface area contributed by atoms with Gasteiger partial charge in [-0.3, -0.25) is 5.32 Å². The Morgan fingerprint density at radius 3 is 3.13 bits per heavy atom. The maximum atomic E-state index is 5.40. The second-order valence-electron chi connectivity index (χ2n) is 4.03. The summed E-state index contributed by atoms with van der Waals surface area (Å²) in [5, 5.41) is 3.35. The first kappa shape index (κ1) is 10.3. The fraction of sp³-hybridized carbons (Fsp3) is 0.583. The van der Waals surface area contributed by atoms with Crippen LogP contribution in [-0.4, -0.2) is 15.6 Å². The standard InChI is InChI=1S/C12H17N3/c1-3-10(4-2)14-8-12-7-13-9-15(12)11-5-6-11/h1,7,9-11,14H,4-6,8H2,2H3. The van der Waals surface area contributed by atoms with Crippen LogP contribution in [-0.2, 0) is 6.54 Å². The van der Waals surface area contributed by atoms with Crippen molar-refractivity contribution in [1.29, 1.82) is 0 Å². The van der Waals surface area contributed by atoms with Gasteiger partial charge in [-0.2, -0.15) is 0 Å². The average Bonchev–Trinajstić information content (AvgIpc) is 3.00. The van der Waals surface area contributed by atoms with Gasteiger partial charge >= 0.3 is 0 Å². The van der Waals surface area contributed by atoms with Crippen LogP contribution in [0.15, 0.2) is 12.5 Å². The van der Waals surface area contributed by atoms with Gasteiger partial charge < -0.3 is 4.57 Å². The molecule has 1 fully saturated rings. The maximum absolute atomic E-state index is 5.40. The highest BCUT2D eigenvalue weighted by atomic mass is 15.1. The summed E-state index contributed by atoms with van der Waals surface area (Å²) in [7, 11) is 0. The summed E-state index contributed by atoms with van der Waals surface area (Å²) >= 11 is 0. The zero-order chi connectivity index (χ0) is 10.7. The molecule has 0 bridgehead atoms. The maximum Gasteiger partial charge on any atom is 0.0951 e. The van der Waals surface area contributed by atoms with E-state index in [1.54, 1.807) is 0 Å². The Balaban J connectivity index is 1.93. The van der Waals surface area contributed by atoms with Gasteiger partial charge in [-0.1, -0.05) is 12.8 Å². The monoisotopic (exact) mass is 203 g/mol. The van der Waals surface area contributed by atoms with Gasteiger partial charge in [0.2, 0.25) is 0 Å². The van der Waals surface area contributed by atoms with Crippen molar-refractivity contribution in [2.45, 2.75) is 44.8 Å². The van der Waals surface area contributed by atoms with Crippen molar-refractivity contribution in [3.05, 3.63) is 18.2 Å². The number of terminal acetylenes is 1. The van der Waals surface area contributed by atoms with Crippen molar-refractivity contribution in [3.63, 3.8) is 0 Å². The molecule has 1 unspecified atom stereocenters. The zero-order valence-corrected chi connectivity index (χ0v) is 9.11. The Labute approximate surface area is 90.9 Å². The third kappa shape index (κ3) is 2.40. The molecule has 0 aliphatic heterocycles. The minimum Gasteiger partial charge on any atom is -0.330 e. The number of aromatic nitrogens is 2. The molecular weight excluding hydrogens is 186 g/mol. The molecule has 3 heteroatoms. The van der Waals surface area contributed by atoms with Crippen LogP contribution in [0.25, 0.3) is 0 Å². The molecule has 2 rings (SSSR count). The molecule has 1 atom stereocenters. The van der Waals surface area contributed by atoms with Crippen molar-refractivity contribution in [2.75, 3.05) is 0 Å². The fourth-order valence-corrected chi connectivity index (χ4v) is 1.70. The van der Waals surface area contributed by atoms with Crippen LogP contribution in [0.3, 0.4) is 0 Å². The topological polar surface area (TPSA) is 29.9 Å². The smallest absolute Gasteiger partial charge is 0.0951 e. The van der Waals surface area contributed by atoms with Gasteiger partial charge in [0.25, 0.3) is 0 Å². The summed E-state index contributed by atoms with van der Waals surface area (Å²) in [5.74, 6) is 2.74. The minimum absolute atomic E-state index is 0.174. The third-order valence-corrected chi connectivity index (χ3v) is 2.83. The van der Waals surface area contributed by atoms with Crippen molar-refractivity contribution >= 4 is 0 Å². The highest BCUT2D eigenvalue weighted by Crippen LogP contribution is 2.35. The summed E-state index contributed by atoms with van der Waals surface area (Å²) in [6, 6.07) is 0.864. The number of rotatable bonds is 5. The molecule has 0 spiro atoms. The third-order valence-electron chi connectivity index (χ3n) is 2.83. The van der Waals surface area contributed by atoms with Crippen molar-refractivity contribution in [2.24, 2.45) is 0 Å². The average molecular weight is 203 g/mol. The van der Waals surface area contributed by atoms with Crippen LogP contribution in [0.2, 0.25) is 0 Å². The van der Waals surface area contributed by atoms with E-state index >= 15 is 0 Å². The molecule has 1 heterocycles. The largest absolute Gasteiger partial charge is 0.330 e. The van der Waals surface area contributed by atoms with E-state index in [4.69, 9.17) is 6.42 Å². The van der Waals surface area contributed by atoms with E-state index in [2.05, 4.69) is 27.7 Å². The van der Waals surface area contributed by atoms with Crippen LogP contribution in [0.1, 0.15) is 37.9 Å². The quantitative estimate of drug-likeness (QED) is 0.738. The number of hydrogen-bond donors (Lipinski definition) is 1. The molecule has 0 aromatic carbocycles. The SMILES string of the molecule is C#CC(CC)NCc1cncn1C1CC1. The van der Waals surface area contributed by atoms with E-state index in [0.29, 0.717) is 6.04 Å². The Hall–Kier alpha value is -1.27. The van der Waals surface area contributed by atoms with Gasteiger partial charge in [-0.25, -0.2) is 4.98 Å². The zero-order valence-electron chi connectivity index (χ0n) is 9.11. The normalized spacial score (nSPS) is 17.3. The van der Waals surface area contributed by atoms with Gasteiger partial charge in [0.05, 0.1) is 18.1 Å². The van der Waals surface area contributed by atoms with Crippen LogP contribution in [0, 0.1) is 12.3 Å². The molecule has 0 amide bonds. The minimum atomic E-state index is 0.174. The molecule has 1 saturated carbocycles. The molecule has 1 aromatic rings. The molecule has 3 nitrogen and oxygen atoms in total. The van der Waals surface area contributed by atoms with E-state index in [-0.39, 0.29) is 6.04 Å². The molecule has 1 aliphatic rings. The lowest BCUT2D eigenvalue weighted by Crippen LogP contribution is -2.27. The molecule has 0 radical (unpaired) electrons. The first-order valence-electron chi connectivity index (χ1n) is 5.55. The molecule has 1 aromatic heterocycles. The molecule has 15 heavy (non-hydrogen) atoms. The molecular formula is C12H17N3. The van der Waals surface area contributed by atoms with Gasteiger partial charge in [0.15, 0.2) is 0 Å². The summed E-state index contributed by atoms with van der Waals surface area (Å²) in [6.45, 7) is 2.91. The van der Waals surface area contributed by atoms with E-state index in [0.717, 1.165) is 13.0 Å². The number of imidazole rings is 1. The second-order valence-corrected chi connectivity index (χ2v) is 4.03. The first-order chi connectivity index (χ1) is 7.35. The number of hydrogen-bond acceptors (Lipinski definition) is 2. The second kappa shape index (κ2) is 4.50. The lowest BCUT2D eigenvalue weighted by atomic mass is 10.2. The Kier molecular flexibility index (Phi) is 3.08. The first-order valence-corrected chi connectivity index (χ1v) is 5.55. The Morgan fingerprint density at radius 1 is 1.73 bits per heavy atom. The van der Waals surface area contributed by atoms with E-state index in [1.165, 1.54) is 18.5 Å². The summed E-state index contributed by atoms with van der Waals surface area (Å²) < 4.78 is 2.26. The lowest BCUT2D eigenvalue weighted by molar-refractivity contribution is 0.562. The van der Waals surface area contributed by atoms with Crippen LogP contribution < -0.4 is 5.32 Å². The molecule has 1 N–H and O–H groups in total. The van der Waals surface area contributed by atoms with Crippen LogP contribution in [0.5, 0.6) is 0 Å². The highest BCUT2D eigenvalue weighted by molar-refractivity contribution is 5.05. The van der Waals surface area contributed by atoms with Crippen molar-refractivity contribution in [3.8, 4) is 12.3 Å². The highest BCUT2D eigenvalue weighted by Gasteiger charge is 2.24. The Bertz CT molecular complexity index is 357. The molecule has 1 aliphatic carbocycles. The lowest BCUT2D eigenvalue weighted by Gasteiger charge is -2.11. The van der Waals surface area contributed by atoms with E-state index < -0.39 is 0 Å². The summed E-state index contributed by atoms with van der Waals surface area (Å²) in [5.41, 5.74) is 1.24. The number of nitrogens with zero attached hydrogens (tertiary/aromatic N) is 2. The van der Waals surface area contributed by atoms with Gasteiger partial charge in [0, 0.05) is 18.8 Å². The summed E-state index contributed by atoms with van der Waals surface area (Å²) in [6.07, 6.45) is 12.8. The van der Waals surface area contributed by atoms with Crippen molar-refractivity contribution < 1.29 is 0 Å². The van der Waals surface area contributed by atoms with E-state index in [1.807, 2.05) is 12.5 Å². The van der Waals surface area contributed by atoms with Gasteiger partial charge in [-0.05, 0) is 19.3 Å². The predicted octanol–water partition coefficient (Wildman–Crippen LogP) is 1.72. The van der Waals surface area contributed by atoms with Crippen LogP contribution >= 0.6 is 0 Å². The molecule has 0 saturated heterocycles. The Morgan fingerprint density at radius 2 is 2.53 bits per heavy atom. The van der Waals surface area contributed by atoms with Gasteiger partial charge in [0.1, 0.15) is 0 Å². The predicted molar refractivity (Wildman–Crippen MR) is 60.2 cm³/mol. The van der Waals surface area contributed by atoms with Gasteiger partial charge in [-0.15, -0.1) is 6.42 Å². The van der Waals surface area contributed by atoms with E-state index in [9.17, 15) is 0 Å².